The second-order valence-corrected chi connectivity index (χ2v) is 23.5. The largest absolute Gasteiger partial charge is 0.820 e. The fourth-order valence-electron chi connectivity index (χ4n) is 9.02. The standard InChI is InChI=1S/C50H71O3P/c1-44(2,3)33-23-31-25-39(46(7,8)9)37(29-35(31)40(27-33)47(10,11)12)38-21-19-20-22-50(38,53-54(51)52)43-30-36-32(26-42(43)49(16,17)18)24-34(45(4,5)6)28-41(36)48(13,14)15/h23-30,38H,19-22H2,1-18H3/q-2. The van der Waals surface area contributed by atoms with E-state index in [1.165, 1.54) is 54.9 Å². The lowest BCUT2D eigenvalue weighted by atomic mass is 9.62. The van der Waals surface area contributed by atoms with Crippen LogP contribution in [-0.4, -0.2) is 0 Å². The fraction of sp³-hybridized carbons (Fsp3) is 0.600. The third kappa shape index (κ3) is 8.37. The normalized spacial score (nSPS) is 19.7. The molecule has 1 aliphatic carbocycles. The molecule has 0 spiro atoms. The topological polar surface area (TPSA) is 55.3 Å². The molecule has 2 atom stereocenters. The molecule has 1 saturated carbocycles. The Morgan fingerprint density at radius 2 is 0.926 bits per heavy atom. The summed E-state index contributed by atoms with van der Waals surface area (Å²) < 4.78 is 6.61. The van der Waals surface area contributed by atoms with Gasteiger partial charge in [0.05, 0.1) is 0 Å². The Kier molecular flexibility index (Phi) is 11.1. The van der Waals surface area contributed by atoms with Crippen molar-refractivity contribution >= 4 is 30.1 Å². The maximum atomic E-state index is 13.3. The summed E-state index contributed by atoms with van der Waals surface area (Å²) in [6.45, 7) is 41.2. The van der Waals surface area contributed by atoms with Crippen molar-refractivity contribution in [1.82, 2.24) is 0 Å². The highest BCUT2D eigenvalue weighted by Gasteiger charge is 2.48. The van der Waals surface area contributed by atoms with Crippen LogP contribution in [0.4, 0.5) is 0 Å². The van der Waals surface area contributed by atoms with Crippen molar-refractivity contribution in [2.45, 2.75) is 194 Å². The molecule has 0 heterocycles. The number of benzene rings is 4. The van der Waals surface area contributed by atoms with Gasteiger partial charge in [-0.05, 0) is 117 Å². The lowest BCUT2D eigenvalue weighted by Crippen LogP contribution is -2.42. The quantitative estimate of drug-likeness (QED) is 0.195. The molecule has 5 rings (SSSR count). The van der Waals surface area contributed by atoms with Gasteiger partial charge in [0.15, 0.2) is 0 Å². The van der Waals surface area contributed by atoms with Crippen molar-refractivity contribution in [2.75, 3.05) is 0 Å². The average molecular weight is 751 g/mol. The first-order valence-electron chi connectivity index (χ1n) is 20.5. The van der Waals surface area contributed by atoms with Gasteiger partial charge in [0, 0.05) is 5.92 Å². The minimum Gasteiger partial charge on any atom is -0.820 e. The number of fused-ring (bicyclic) bond motifs is 2. The first-order valence-corrected chi connectivity index (χ1v) is 21.6. The van der Waals surface area contributed by atoms with E-state index < -0.39 is 14.2 Å². The van der Waals surface area contributed by atoms with E-state index in [2.05, 4.69) is 173 Å². The molecule has 0 radical (unpaired) electrons. The van der Waals surface area contributed by atoms with Crippen LogP contribution in [0.15, 0.2) is 48.5 Å². The number of hydrogen-bond acceptors (Lipinski definition) is 3. The number of rotatable bonds is 4. The highest BCUT2D eigenvalue weighted by Crippen LogP contribution is 2.58. The van der Waals surface area contributed by atoms with E-state index in [1.807, 2.05) is 0 Å². The SMILES string of the molecule is CC(C)(C)c1cc(C(C)(C)C)c2cc(C3CCCCC3(OP([O-])[O-])c3cc4c(C(C)(C)C)cc(C(C)(C)C)cc4cc3C(C)(C)C)c(C(C)(C)C)cc2c1. The van der Waals surface area contributed by atoms with Crippen molar-refractivity contribution in [1.29, 1.82) is 0 Å². The Labute approximate surface area is 330 Å². The van der Waals surface area contributed by atoms with Gasteiger partial charge in [0.1, 0.15) is 5.60 Å². The lowest BCUT2D eigenvalue weighted by molar-refractivity contribution is -0.329. The zero-order valence-corrected chi connectivity index (χ0v) is 38.1. The lowest BCUT2D eigenvalue weighted by Gasteiger charge is -2.52. The average Bonchev–Trinajstić information content (AvgIpc) is 2.99. The molecule has 0 aromatic heterocycles. The van der Waals surface area contributed by atoms with Gasteiger partial charge in [-0.2, -0.15) is 8.60 Å². The summed E-state index contributed by atoms with van der Waals surface area (Å²) in [6, 6.07) is 19.2. The van der Waals surface area contributed by atoms with E-state index in [1.54, 1.807) is 0 Å². The second kappa shape index (κ2) is 14.0. The zero-order chi connectivity index (χ0) is 40.8. The van der Waals surface area contributed by atoms with Crippen LogP contribution in [-0.2, 0) is 42.6 Å². The molecule has 296 valence electrons. The molecule has 1 aliphatic rings. The summed E-state index contributed by atoms with van der Waals surface area (Å²) in [4.78, 5) is 26.5. The summed E-state index contributed by atoms with van der Waals surface area (Å²) in [6.07, 6.45) is 3.40. The minimum absolute atomic E-state index is 0.000458. The summed E-state index contributed by atoms with van der Waals surface area (Å²) in [7, 11) is -3.17. The zero-order valence-electron chi connectivity index (χ0n) is 37.2. The molecule has 0 N–H and O–H groups in total. The Hall–Kier alpha value is -2.29. The molecule has 4 heteroatoms. The van der Waals surface area contributed by atoms with Crippen LogP contribution in [0.2, 0.25) is 0 Å². The highest BCUT2D eigenvalue weighted by molar-refractivity contribution is 7.36. The summed E-state index contributed by atoms with van der Waals surface area (Å²) in [5.74, 6) is -0.168. The summed E-state index contributed by atoms with van der Waals surface area (Å²) in [5.41, 5.74) is 8.17. The molecule has 0 bridgehead atoms. The predicted molar refractivity (Wildman–Crippen MR) is 231 cm³/mol. The van der Waals surface area contributed by atoms with E-state index in [0.29, 0.717) is 6.42 Å². The van der Waals surface area contributed by atoms with Gasteiger partial charge in [0.2, 0.25) is 0 Å². The Bertz CT molecular complexity index is 2030. The van der Waals surface area contributed by atoms with E-state index in [0.717, 1.165) is 30.4 Å². The van der Waals surface area contributed by atoms with Gasteiger partial charge in [-0.1, -0.05) is 180 Å². The van der Waals surface area contributed by atoms with Crippen molar-refractivity contribution in [2.24, 2.45) is 0 Å². The molecule has 0 saturated heterocycles. The molecular formula is C50H71O3P-2. The maximum absolute atomic E-state index is 13.3. The van der Waals surface area contributed by atoms with Gasteiger partial charge in [-0.3, -0.25) is 0 Å². The van der Waals surface area contributed by atoms with E-state index in [4.69, 9.17) is 4.52 Å². The van der Waals surface area contributed by atoms with E-state index in [-0.39, 0.29) is 38.4 Å². The summed E-state index contributed by atoms with van der Waals surface area (Å²) in [5, 5.41) is 4.90. The number of hydrogen-bond donors (Lipinski definition) is 0. The van der Waals surface area contributed by atoms with Gasteiger partial charge < -0.3 is 14.3 Å². The molecule has 4 aromatic carbocycles. The monoisotopic (exact) mass is 751 g/mol. The van der Waals surface area contributed by atoms with Gasteiger partial charge >= 0.3 is 0 Å². The van der Waals surface area contributed by atoms with Crippen LogP contribution in [0.5, 0.6) is 0 Å². The van der Waals surface area contributed by atoms with Gasteiger partial charge in [0.25, 0.3) is 0 Å². The van der Waals surface area contributed by atoms with E-state index >= 15 is 0 Å². The Morgan fingerprint density at radius 1 is 0.500 bits per heavy atom. The van der Waals surface area contributed by atoms with Crippen LogP contribution in [0.1, 0.15) is 201 Å². The Morgan fingerprint density at radius 3 is 1.33 bits per heavy atom. The minimum atomic E-state index is -3.17. The van der Waals surface area contributed by atoms with E-state index in [9.17, 15) is 9.79 Å². The summed E-state index contributed by atoms with van der Waals surface area (Å²) >= 11 is 0. The van der Waals surface area contributed by atoms with Crippen molar-refractivity contribution in [3.05, 3.63) is 93.0 Å². The molecule has 0 amide bonds. The highest BCUT2D eigenvalue weighted by atomic mass is 31.2. The smallest absolute Gasteiger partial charge is 0.101 e. The third-order valence-corrected chi connectivity index (χ3v) is 12.6. The maximum Gasteiger partial charge on any atom is 0.101 e. The first kappa shape index (κ1) is 42.8. The van der Waals surface area contributed by atoms with Gasteiger partial charge in [-0.15, -0.1) is 0 Å². The molecule has 3 nitrogen and oxygen atoms in total. The van der Waals surface area contributed by atoms with Crippen molar-refractivity contribution in [3.63, 3.8) is 0 Å². The molecule has 2 unspecified atom stereocenters. The van der Waals surface area contributed by atoms with Gasteiger partial charge in [-0.25, -0.2) is 0 Å². The van der Waals surface area contributed by atoms with Crippen LogP contribution >= 0.6 is 8.60 Å². The molecule has 0 aliphatic heterocycles. The first-order chi connectivity index (χ1) is 24.4. The fourth-order valence-corrected chi connectivity index (χ4v) is 9.60. The molecule has 54 heavy (non-hydrogen) atoms. The van der Waals surface area contributed by atoms with Crippen molar-refractivity contribution < 1.29 is 14.3 Å². The van der Waals surface area contributed by atoms with Crippen molar-refractivity contribution in [3.8, 4) is 0 Å². The molecule has 1 fully saturated rings. The second-order valence-electron chi connectivity index (χ2n) is 22.8. The Balaban J connectivity index is 1.97. The third-order valence-electron chi connectivity index (χ3n) is 12.1. The molecular weight excluding hydrogens is 680 g/mol. The van der Waals surface area contributed by atoms with Crippen LogP contribution in [0, 0.1) is 0 Å². The van der Waals surface area contributed by atoms with Crippen LogP contribution < -0.4 is 9.79 Å². The van der Waals surface area contributed by atoms with Crippen LogP contribution in [0.25, 0.3) is 21.5 Å². The molecule has 4 aromatic rings. The predicted octanol–water partition coefficient (Wildman–Crippen LogP) is 13.3. The van der Waals surface area contributed by atoms with Crippen LogP contribution in [0.3, 0.4) is 0 Å².